The van der Waals surface area contributed by atoms with Crippen molar-refractivity contribution < 1.29 is 22.6 Å². The molecule has 0 unspecified atom stereocenters. The number of ether oxygens (including phenoxy) is 3. The van der Waals surface area contributed by atoms with Crippen LogP contribution in [0, 0.1) is 6.92 Å². The third kappa shape index (κ3) is 8.84. The van der Waals surface area contributed by atoms with Crippen LogP contribution in [0.4, 0.5) is 23.0 Å². The Morgan fingerprint density at radius 3 is 2.28 bits per heavy atom. The van der Waals surface area contributed by atoms with Gasteiger partial charge in [0.2, 0.25) is 10.0 Å². The minimum absolute atomic E-state index is 0.186. The first-order chi connectivity index (χ1) is 26.1. The molecular weight excluding hydrogens is 709 g/mol. The molecule has 0 spiro atoms. The SMILES string of the molecule is CC.CNS(=O)(=O)c1ccc(N2CCOCC2)c(Nc2ncnc3[nH]cc(C)c23)c1.COc1cc2ncnc(NC3=CCCC=C3N(C)C)c2cc1OC. The van der Waals surface area contributed by atoms with Gasteiger partial charge in [-0.15, -0.1) is 0 Å². The Morgan fingerprint density at radius 1 is 0.889 bits per heavy atom. The van der Waals surface area contributed by atoms with Crippen LogP contribution in [0.2, 0.25) is 0 Å². The van der Waals surface area contributed by atoms with Crippen LogP contribution in [-0.4, -0.2) is 99.9 Å². The quantitative estimate of drug-likeness (QED) is 0.132. The van der Waals surface area contributed by atoms with Crippen LogP contribution in [0.3, 0.4) is 0 Å². The van der Waals surface area contributed by atoms with Gasteiger partial charge in [0, 0.05) is 44.8 Å². The van der Waals surface area contributed by atoms with E-state index in [1.807, 2.05) is 59.3 Å². The Hall–Kier alpha value is -5.45. The number of sulfonamides is 1. The molecule has 5 aromatic rings. The standard InChI is InChI=1S/C18H22N6O3S.C18H22N4O2.C2H6/c1-12-10-20-17-16(12)18(22-11-21-17)23-14-9-13(28(25,26)19-2)3-4-15(14)24-5-7-27-8-6-24;1-22(2)15-8-6-5-7-13(15)21-18-12-9-16(23-3)17(24-4)10-14(12)19-11-20-18;1-2/h3-4,9-11,19H,5-8H2,1-2H3,(H2,20,21,22,23);7-11H,5-6H2,1-4H3,(H,19,20,21);1-2H3. The number of anilines is 4. The molecule has 1 aliphatic heterocycles. The zero-order valence-electron chi connectivity index (χ0n) is 32.1. The van der Waals surface area contributed by atoms with Gasteiger partial charge in [-0.25, -0.2) is 33.1 Å². The predicted octanol–water partition coefficient (Wildman–Crippen LogP) is 5.96. The number of morpholine rings is 1. The maximum Gasteiger partial charge on any atom is 0.240 e. The Morgan fingerprint density at radius 2 is 1.57 bits per heavy atom. The van der Waals surface area contributed by atoms with Crippen LogP contribution >= 0.6 is 0 Å². The fourth-order valence-electron chi connectivity index (χ4n) is 6.13. The summed E-state index contributed by atoms with van der Waals surface area (Å²) in [7, 11) is 5.14. The van der Waals surface area contributed by atoms with Crippen LogP contribution in [0.1, 0.15) is 32.3 Å². The summed E-state index contributed by atoms with van der Waals surface area (Å²) in [5.41, 5.74) is 6.32. The largest absolute Gasteiger partial charge is 0.493 e. The van der Waals surface area contributed by atoms with Gasteiger partial charge in [-0.2, -0.15) is 0 Å². The highest BCUT2D eigenvalue weighted by atomic mass is 32.2. The van der Waals surface area contributed by atoms with Gasteiger partial charge in [-0.1, -0.05) is 26.0 Å². The lowest BCUT2D eigenvalue weighted by molar-refractivity contribution is 0.123. The molecule has 2 aromatic carbocycles. The fourth-order valence-corrected chi connectivity index (χ4v) is 6.89. The number of nitrogens with zero attached hydrogens (tertiary/aromatic N) is 6. The van der Waals surface area contributed by atoms with E-state index >= 15 is 0 Å². The van der Waals surface area contributed by atoms with Gasteiger partial charge in [0.05, 0.1) is 66.0 Å². The minimum Gasteiger partial charge on any atom is -0.493 e. The number of likely N-dealkylation sites (N-methyl/N-ethyl adjacent to an activating group) is 1. The summed E-state index contributed by atoms with van der Waals surface area (Å²) in [6.45, 7) is 8.69. The van der Waals surface area contributed by atoms with Crippen LogP contribution < -0.4 is 29.7 Å². The molecule has 54 heavy (non-hydrogen) atoms. The molecule has 15 nitrogen and oxygen atoms in total. The number of allylic oxidation sites excluding steroid dienone is 2. The highest BCUT2D eigenvalue weighted by Crippen LogP contribution is 2.36. The number of fused-ring (bicyclic) bond motifs is 2. The van der Waals surface area contributed by atoms with Crippen LogP contribution in [0.5, 0.6) is 11.5 Å². The minimum atomic E-state index is -3.57. The predicted molar refractivity (Wildman–Crippen MR) is 214 cm³/mol. The lowest BCUT2D eigenvalue weighted by Gasteiger charge is -2.31. The van der Waals surface area contributed by atoms with Gasteiger partial charge in [0.15, 0.2) is 11.5 Å². The number of hydrogen-bond donors (Lipinski definition) is 4. The smallest absolute Gasteiger partial charge is 0.240 e. The van der Waals surface area contributed by atoms with Gasteiger partial charge in [0.1, 0.15) is 29.9 Å². The lowest BCUT2D eigenvalue weighted by atomic mass is 10.1. The molecule has 1 saturated heterocycles. The third-order valence-electron chi connectivity index (χ3n) is 8.82. The molecule has 0 radical (unpaired) electrons. The Bertz CT molecular complexity index is 2230. The molecule has 0 atom stereocenters. The topological polar surface area (TPSA) is 172 Å². The second-order valence-electron chi connectivity index (χ2n) is 12.3. The molecule has 2 aliphatic rings. The Kier molecular flexibility index (Phi) is 13.3. The van der Waals surface area contributed by atoms with Crippen molar-refractivity contribution in [3.8, 4) is 11.5 Å². The van der Waals surface area contributed by atoms with E-state index < -0.39 is 10.0 Å². The van der Waals surface area contributed by atoms with E-state index in [2.05, 4.69) is 62.2 Å². The van der Waals surface area contributed by atoms with E-state index in [1.54, 1.807) is 32.7 Å². The molecule has 3 aromatic heterocycles. The number of hydrogen-bond acceptors (Lipinski definition) is 13. The van der Waals surface area contributed by atoms with E-state index in [-0.39, 0.29) is 4.90 Å². The molecule has 0 bridgehead atoms. The van der Waals surface area contributed by atoms with E-state index in [1.165, 1.54) is 13.4 Å². The number of aryl methyl sites for hydroxylation is 1. The number of aromatic nitrogens is 5. The van der Waals surface area contributed by atoms with Gasteiger partial charge in [-0.3, -0.25) is 0 Å². The zero-order valence-corrected chi connectivity index (χ0v) is 33.0. The molecular formula is C38H50N10O5S. The van der Waals surface area contributed by atoms with Gasteiger partial charge >= 0.3 is 0 Å². The van der Waals surface area contributed by atoms with Gasteiger partial charge < -0.3 is 39.6 Å². The molecule has 0 amide bonds. The van der Waals surface area contributed by atoms with E-state index in [0.717, 1.165) is 76.3 Å². The van der Waals surface area contributed by atoms with Crippen LogP contribution in [-0.2, 0) is 14.8 Å². The lowest BCUT2D eigenvalue weighted by Crippen LogP contribution is -2.36. The van der Waals surface area contributed by atoms with Crippen molar-refractivity contribution in [3.05, 3.63) is 78.3 Å². The summed E-state index contributed by atoms with van der Waals surface area (Å²) in [6.07, 6.45) is 11.4. The van der Waals surface area contributed by atoms with Gasteiger partial charge in [-0.05, 0) is 56.6 Å². The van der Waals surface area contributed by atoms with Crippen molar-refractivity contribution in [1.82, 2.24) is 34.5 Å². The molecule has 0 saturated carbocycles. The summed E-state index contributed by atoms with van der Waals surface area (Å²) < 4.78 is 43.2. The van der Waals surface area contributed by atoms with Crippen molar-refractivity contribution in [1.29, 1.82) is 0 Å². The first-order valence-corrected chi connectivity index (χ1v) is 19.3. The summed E-state index contributed by atoms with van der Waals surface area (Å²) in [4.78, 5) is 25.0. The number of nitrogens with one attached hydrogen (secondary N) is 4. The van der Waals surface area contributed by atoms with Crippen LogP contribution in [0.25, 0.3) is 21.9 Å². The Balaban J connectivity index is 0.000000201. The van der Waals surface area contributed by atoms with Crippen LogP contribution in [0.15, 0.2) is 77.6 Å². The molecule has 1 fully saturated rings. The maximum absolute atomic E-state index is 12.3. The van der Waals surface area contributed by atoms with E-state index in [4.69, 9.17) is 14.2 Å². The molecule has 16 heteroatoms. The summed E-state index contributed by atoms with van der Waals surface area (Å²) in [5, 5.41) is 8.54. The number of aromatic amines is 1. The fraction of sp³-hybridized carbons (Fsp3) is 0.368. The second-order valence-corrected chi connectivity index (χ2v) is 14.2. The van der Waals surface area contributed by atoms with Crippen molar-refractivity contribution in [2.75, 3.05) is 77.2 Å². The number of methoxy groups -OCH3 is 2. The summed E-state index contributed by atoms with van der Waals surface area (Å²) in [5.74, 6) is 2.68. The van der Waals surface area contributed by atoms with Gasteiger partial charge in [0.25, 0.3) is 0 Å². The number of benzene rings is 2. The summed E-state index contributed by atoms with van der Waals surface area (Å²) >= 11 is 0. The average Bonchev–Trinajstić information content (AvgIpc) is 3.60. The number of rotatable bonds is 10. The van der Waals surface area contributed by atoms with Crippen molar-refractivity contribution in [2.45, 2.75) is 38.5 Å². The maximum atomic E-state index is 12.3. The zero-order chi connectivity index (χ0) is 38.8. The molecule has 288 valence electrons. The molecule has 4 heterocycles. The van der Waals surface area contributed by atoms with E-state index in [9.17, 15) is 8.42 Å². The highest BCUT2D eigenvalue weighted by Gasteiger charge is 2.21. The van der Waals surface area contributed by atoms with Crippen molar-refractivity contribution >= 4 is 55.0 Å². The van der Waals surface area contributed by atoms with E-state index in [0.29, 0.717) is 36.2 Å². The molecule has 7 rings (SSSR count). The average molecular weight is 759 g/mol. The first kappa shape index (κ1) is 39.8. The normalized spacial score (nSPS) is 14.2. The highest BCUT2D eigenvalue weighted by molar-refractivity contribution is 7.89. The monoisotopic (exact) mass is 758 g/mol. The van der Waals surface area contributed by atoms with Crippen molar-refractivity contribution in [2.24, 2.45) is 0 Å². The van der Waals surface area contributed by atoms with Crippen molar-refractivity contribution in [3.63, 3.8) is 0 Å². The Labute approximate surface area is 316 Å². The third-order valence-corrected chi connectivity index (χ3v) is 10.2. The molecule has 4 N–H and O–H groups in total. The number of H-pyrrole nitrogens is 1. The first-order valence-electron chi connectivity index (χ1n) is 17.8. The second kappa shape index (κ2) is 18.1. The molecule has 1 aliphatic carbocycles. The summed E-state index contributed by atoms with van der Waals surface area (Å²) in [6, 6.07) is 8.82.